The maximum Gasteiger partial charge on any atom is 0.332 e. The Morgan fingerprint density at radius 2 is 1.93 bits per heavy atom. The Bertz CT molecular complexity index is 1290. The fourth-order valence-corrected chi connectivity index (χ4v) is 3.23. The van der Waals surface area contributed by atoms with Crippen molar-refractivity contribution >= 4 is 28.3 Å². The monoisotopic (exact) mass is 397 g/mol. The molecule has 0 saturated heterocycles. The summed E-state index contributed by atoms with van der Waals surface area (Å²) in [6.07, 6.45) is 1.97. The number of amides is 1. The molecule has 3 rings (SSSR count). The Hall–Kier alpha value is -3.82. The van der Waals surface area contributed by atoms with Crippen molar-refractivity contribution in [1.82, 2.24) is 14.1 Å². The van der Waals surface area contributed by atoms with Crippen LogP contribution in [0.15, 0.2) is 34.0 Å². The number of nitro groups is 1. The average Bonchev–Trinajstić information content (AvgIpc) is 2.70. The number of aromatic nitrogens is 3. The third-order valence-electron chi connectivity index (χ3n) is 4.91. The van der Waals surface area contributed by atoms with Crippen LogP contribution in [-0.2, 0) is 20.5 Å². The summed E-state index contributed by atoms with van der Waals surface area (Å²) in [6, 6.07) is 4.21. The lowest BCUT2D eigenvalue weighted by atomic mass is 10.0. The van der Waals surface area contributed by atoms with Crippen LogP contribution in [0.5, 0.6) is 0 Å². The molecule has 0 spiro atoms. The van der Waals surface area contributed by atoms with E-state index in [1.54, 1.807) is 0 Å². The zero-order valence-corrected chi connectivity index (χ0v) is 16.3. The number of nitrogens with one attached hydrogen (secondary N) is 1. The van der Waals surface area contributed by atoms with Gasteiger partial charge in [-0.1, -0.05) is 13.0 Å². The van der Waals surface area contributed by atoms with Crippen LogP contribution >= 0.6 is 0 Å². The smallest absolute Gasteiger partial charge is 0.321 e. The highest BCUT2D eigenvalue weighted by Crippen LogP contribution is 2.26. The predicted octanol–water partition coefficient (Wildman–Crippen LogP) is 1.66. The van der Waals surface area contributed by atoms with Gasteiger partial charge >= 0.3 is 5.69 Å². The van der Waals surface area contributed by atoms with Gasteiger partial charge in [0.25, 0.3) is 17.2 Å². The zero-order valence-electron chi connectivity index (χ0n) is 16.3. The zero-order chi connectivity index (χ0) is 21.5. The van der Waals surface area contributed by atoms with Crippen molar-refractivity contribution in [3.63, 3.8) is 0 Å². The van der Waals surface area contributed by atoms with Gasteiger partial charge in [-0.3, -0.25) is 28.8 Å². The van der Waals surface area contributed by atoms with Gasteiger partial charge in [-0.15, -0.1) is 0 Å². The van der Waals surface area contributed by atoms with Crippen molar-refractivity contribution in [2.45, 2.75) is 20.3 Å². The summed E-state index contributed by atoms with van der Waals surface area (Å²) in [7, 11) is 2.83. The number of carbonyl (C=O) groups is 1. The lowest BCUT2D eigenvalue weighted by Gasteiger charge is -2.15. The minimum Gasteiger partial charge on any atom is -0.321 e. The first-order valence-corrected chi connectivity index (χ1v) is 8.82. The summed E-state index contributed by atoms with van der Waals surface area (Å²) in [4.78, 5) is 52.8. The van der Waals surface area contributed by atoms with Crippen molar-refractivity contribution in [3.05, 3.63) is 72.0 Å². The van der Waals surface area contributed by atoms with Crippen molar-refractivity contribution in [2.24, 2.45) is 14.1 Å². The van der Waals surface area contributed by atoms with Crippen LogP contribution in [-0.4, -0.2) is 24.9 Å². The highest BCUT2D eigenvalue weighted by atomic mass is 16.6. The molecule has 0 bridgehead atoms. The molecule has 10 nitrogen and oxygen atoms in total. The highest BCUT2D eigenvalue weighted by molar-refractivity contribution is 6.10. The van der Waals surface area contributed by atoms with E-state index in [4.69, 9.17) is 0 Å². The van der Waals surface area contributed by atoms with E-state index >= 15 is 0 Å². The second kappa shape index (κ2) is 7.30. The van der Waals surface area contributed by atoms with E-state index < -0.39 is 22.1 Å². The number of nitrogens with zero attached hydrogens (tertiary/aromatic N) is 4. The fraction of sp³-hybridized carbons (Fsp3) is 0.263. The molecule has 0 unspecified atom stereocenters. The van der Waals surface area contributed by atoms with Gasteiger partial charge < -0.3 is 5.32 Å². The number of anilines is 1. The molecule has 0 atom stereocenters. The molecule has 0 aliphatic carbocycles. The number of pyridine rings is 1. The summed E-state index contributed by atoms with van der Waals surface area (Å²) in [5, 5.41) is 14.0. The van der Waals surface area contributed by atoms with Crippen LogP contribution in [0.3, 0.4) is 0 Å². The molecule has 150 valence electrons. The van der Waals surface area contributed by atoms with E-state index in [0.717, 1.165) is 4.57 Å². The number of aryl methyl sites for hydroxylation is 2. The summed E-state index contributed by atoms with van der Waals surface area (Å²) in [6.45, 7) is 3.32. The quantitative estimate of drug-likeness (QED) is 0.526. The molecule has 0 saturated carbocycles. The largest absolute Gasteiger partial charge is 0.332 e. The molecule has 10 heteroatoms. The molecule has 1 aromatic carbocycles. The van der Waals surface area contributed by atoms with E-state index in [9.17, 15) is 24.5 Å². The average molecular weight is 397 g/mol. The van der Waals surface area contributed by atoms with Crippen LogP contribution < -0.4 is 16.6 Å². The number of hydrogen-bond acceptors (Lipinski definition) is 6. The van der Waals surface area contributed by atoms with Gasteiger partial charge in [-0.25, -0.2) is 9.78 Å². The molecular weight excluding hydrogens is 378 g/mol. The third kappa shape index (κ3) is 3.18. The van der Waals surface area contributed by atoms with Crippen LogP contribution in [0.4, 0.5) is 11.4 Å². The normalized spacial score (nSPS) is 10.9. The van der Waals surface area contributed by atoms with E-state index in [1.807, 2.05) is 6.92 Å². The minimum absolute atomic E-state index is 0.102. The number of nitro benzene ring substituents is 1. The molecule has 1 N–H and O–H groups in total. The maximum absolute atomic E-state index is 12.9. The Labute approximate surface area is 164 Å². The molecule has 1 amide bonds. The standard InChI is InChI=1S/C19H19N5O5/c1-5-11-9-20-16-14(18(26)23(4)19(27)22(16)3)15(11)21-17(25)12-7-6-8-13(10(12)2)24(28)29/h6-9H,5H2,1-4H3,(H,20,21,25). The van der Waals surface area contributed by atoms with Gasteiger partial charge in [0.2, 0.25) is 0 Å². The predicted molar refractivity (Wildman–Crippen MR) is 107 cm³/mol. The number of hydrogen-bond donors (Lipinski definition) is 1. The van der Waals surface area contributed by atoms with Crippen molar-refractivity contribution in [1.29, 1.82) is 0 Å². The van der Waals surface area contributed by atoms with Crippen molar-refractivity contribution < 1.29 is 9.72 Å². The molecule has 0 fully saturated rings. The summed E-state index contributed by atoms with van der Waals surface area (Å²) >= 11 is 0. The Morgan fingerprint density at radius 1 is 1.24 bits per heavy atom. The number of benzene rings is 1. The first-order chi connectivity index (χ1) is 13.7. The van der Waals surface area contributed by atoms with Gasteiger partial charge in [0.1, 0.15) is 5.39 Å². The molecule has 3 aromatic rings. The molecule has 0 radical (unpaired) electrons. The second-order valence-corrected chi connectivity index (χ2v) is 6.58. The topological polar surface area (TPSA) is 129 Å². The first kappa shape index (κ1) is 19.9. The molecule has 0 aliphatic heterocycles. The van der Waals surface area contributed by atoms with E-state index in [-0.39, 0.29) is 33.5 Å². The molecule has 29 heavy (non-hydrogen) atoms. The Kier molecular flexibility index (Phi) is 5.02. The van der Waals surface area contributed by atoms with Crippen LogP contribution in [0.1, 0.15) is 28.4 Å². The van der Waals surface area contributed by atoms with Gasteiger partial charge in [-0.05, 0) is 25.0 Å². The molecular formula is C19H19N5O5. The van der Waals surface area contributed by atoms with E-state index in [1.165, 1.54) is 50.0 Å². The SMILES string of the molecule is CCc1cnc2c(c1NC(=O)c1cccc([N+](=O)[O-])c1C)c(=O)n(C)c(=O)n2C. The summed E-state index contributed by atoms with van der Waals surface area (Å²) in [5.41, 5.74) is 0.0181. The minimum atomic E-state index is -0.593. The summed E-state index contributed by atoms with van der Waals surface area (Å²) in [5.74, 6) is -0.593. The lowest BCUT2D eigenvalue weighted by molar-refractivity contribution is -0.385. The molecule has 0 aliphatic rings. The summed E-state index contributed by atoms with van der Waals surface area (Å²) < 4.78 is 2.17. The first-order valence-electron chi connectivity index (χ1n) is 8.82. The van der Waals surface area contributed by atoms with E-state index in [2.05, 4.69) is 10.3 Å². The maximum atomic E-state index is 12.9. The van der Waals surface area contributed by atoms with Crippen molar-refractivity contribution in [3.8, 4) is 0 Å². The van der Waals surface area contributed by atoms with E-state index in [0.29, 0.717) is 12.0 Å². The van der Waals surface area contributed by atoms with Crippen molar-refractivity contribution in [2.75, 3.05) is 5.32 Å². The van der Waals surface area contributed by atoms with Gasteiger partial charge in [0.05, 0.1) is 10.6 Å². The second-order valence-electron chi connectivity index (χ2n) is 6.58. The van der Waals surface area contributed by atoms with Gasteiger partial charge in [-0.2, -0.15) is 0 Å². The fourth-order valence-electron chi connectivity index (χ4n) is 3.23. The number of carbonyl (C=O) groups excluding carboxylic acids is 1. The third-order valence-corrected chi connectivity index (χ3v) is 4.91. The van der Waals surface area contributed by atoms with Gasteiger partial charge in [0.15, 0.2) is 5.65 Å². The van der Waals surface area contributed by atoms with Crippen LogP contribution in [0.2, 0.25) is 0 Å². The van der Waals surface area contributed by atoms with Crippen LogP contribution in [0, 0.1) is 17.0 Å². The lowest BCUT2D eigenvalue weighted by Crippen LogP contribution is -2.38. The van der Waals surface area contributed by atoms with Gasteiger partial charge in [0, 0.05) is 37.5 Å². The Morgan fingerprint density at radius 3 is 2.55 bits per heavy atom. The van der Waals surface area contributed by atoms with Crippen LogP contribution in [0.25, 0.3) is 11.0 Å². The molecule has 2 heterocycles. The number of fused-ring (bicyclic) bond motifs is 1. The number of rotatable bonds is 4. The Balaban J connectivity index is 2.24. The molecule has 2 aromatic heterocycles. The highest BCUT2D eigenvalue weighted by Gasteiger charge is 2.22.